The smallest absolute Gasteiger partial charge is 0.421 e. The van der Waals surface area contributed by atoms with Crippen molar-refractivity contribution in [1.29, 1.82) is 0 Å². The molecule has 1 aliphatic heterocycles. The summed E-state index contributed by atoms with van der Waals surface area (Å²) in [6.07, 6.45) is 1.12. The molecule has 2 atom stereocenters. The molecule has 0 unspecified atom stereocenters. The van der Waals surface area contributed by atoms with Crippen LogP contribution in [0, 0.1) is 0 Å². The van der Waals surface area contributed by atoms with Crippen LogP contribution < -0.4 is 15.4 Å². The van der Waals surface area contributed by atoms with Crippen molar-refractivity contribution in [3.63, 3.8) is 0 Å². The molecule has 4 rings (SSSR count). The number of nitrogens with one attached hydrogen (secondary N) is 2. The summed E-state index contributed by atoms with van der Waals surface area (Å²) in [5.41, 5.74) is 1.66. The third-order valence-corrected chi connectivity index (χ3v) is 4.81. The van der Waals surface area contributed by atoms with E-state index in [-0.39, 0.29) is 23.6 Å². The predicted octanol–water partition coefficient (Wildman–Crippen LogP) is 3.78. The Labute approximate surface area is 165 Å². The number of hydrogen-bond acceptors (Lipinski definition) is 6. The highest BCUT2D eigenvalue weighted by Crippen LogP contribution is 2.41. The Morgan fingerprint density at radius 2 is 1.97 bits per heavy atom. The molecule has 29 heavy (non-hydrogen) atoms. The Bertz CT molecular complexity index is 1010. The van der Waals surface area contributed by atoms with Gasteiger partial charge in [0, 0.05) is 44.1 Å². The molecule has 2 N–H and O–H groups in total. The number of hydrogen-bond donors (Lipinski definition) is 2. The Morgan fingerprint density at radius 3 is 2.69 bits per heavy atom. The van der Waals surface area contributed by atoms with E-state index in [1.807, 2.05) is 25.1 Å². The molecular weight excluding hydrogens is 383 g/mol. The summed E-state index contributed by atoms with van der Waals surface area (Å²) < 4.78 is 46.4. The average molecular weight is 403 g/mol. The fraction of sp³-hybridized carbons (Fsp3) is 0.350. The van der Waals surface area contributed by atoms with Crippen LogP contribution in [-0.2, 0) is 12.7 Å². The van der Waals surface area contributed by atoms with Gasteiger partial charge in [-0.3, -0.25) is 15.0 Å². The normalized spacial score (nSPS) is 19.4. The highest BCUT2D eigenvalue weighted by atomic mass is 19.4. The van der Waals surface area contributed by atoms with Crippen molar-refractivity contribution in [2.45, 2.75) is 38.2 Å². The van der Waals surface area contributed by atoms with Gasteiger partial charge in [0.15, 0.2) is 5.75 Å². The minimum absolute atomic E-state index is 0.200. The Hall–Kier alpha value is -2.94. The van der Waals surface area contributed by atoms with Crippen molar-refractivity contribution >= 4 is 16.7 Å². The van der Waals surface area contributed by atoms with Gasteiger partial charge in [-0.15, -0.1) is 0 Å². The van der Waals surface area contributed by atoms with Crippen LogP contribution in [0.2, 0.25) is 0 Å². The maximum Gasteiger partial charge on any atom is 0.421 e. The van der Waals surface area contributed by atoms with Crippen LogP contribution in [0.3, 0.4) is 0 Å². The molecule has 152 valence electrons. The number of anilines is 1. The molecule has 1 aliphatic rings. The average Bonchev–Trinajstić information content (AvgIpc) is 3.11. The summed E-state index contributed by atoms with van der Waals surface area (Å²) in [6.45, 7) is 2.77. The van der Waals surface area contributed by atoms with Crippen LogP contribution in [0.5, 0.6) is 5.75 Å². The van der Waals surface area contributed by atoms with Gasteiger partial charge >= 0.3 is 6.18 Å². The summed E-state index contributed by atoms with van der Waals surface area (Å²) >= 11 is 0. The van der Waals surface area contributed by atoms with Gasteiger partial charge in [0.2, 0.25) is 0 Å². The molecule has 3 aromatic rings. The summed E-state index contributed by atoms with van der Waals surface area (Å²) in [5, 5.41) is 6.22. The van der Waals surface area contributed by atoms with E-state index in [2.05, 4.69) is 25.6 Å². The lowest BCUT2D eigenvalue weighted by atomic mass is 10.1. The quantitative estimate of drug-likeness (QED) is 0.676. The SMILES string of the molecule is C[C@@H]1C[C@@H](Oc2c(NCc3ccc4nccnc4c3)cncc2C(F)(F)F)CN1. The Kier molecular flexibility index (Phi) is 5.23. The molecule has 0 radical (unpaired) electrons. The fourth-order valence-corrected chi connectivity index (χ4v) is 3.37. The number of ether oxygens (including phenoxy) is 1. The van der Waals surface area contributed by atoms with Crippen molar-refractivity contribution < 1.29 is 17.9 Å². The van der Waals surface area contributed by atoms with Gasteiger partial charge in [0.05, 0.1) is 22.9 Å². The number of fused-ring (bicyclic) bond motifs is 1. The topological polar surface area (TPSA) is 72.0 Å². The van der Waals surface area contributed by atoms with E-state index in [9.17, 15) is 13.2 Å². The number of benzene rings is 1. The summed E-state index contributed by atoms with van der Waals surface area (Å²) in [5.74, 6) is -0.214. The number of aromatic nitrogens is 3. The second-order valence-corrected chi connectivity index (χ2v) is 7.08. The zero-order valence-corrected chi connectivity index (χ0v) is 15.7. The number of nitrogens with zero attached hydrogens (tertiary/aromatic N) is 3. The molecule has 0 amide bonds. The van der Waals surface area contributed by atoms with Crippen LogP contribution in [0.15, 0.2) is 43.0 Å². The van der Waals surface area contributed by atoms with Crippen molar-refractivity contribution in [2.75, 3.05) is 11.9 Å². The third kappa shape index (κ3) is 4.40. The number of rotatable bonds is 5. The second kappa shape index (κ2) is 7.82. The van der Waals surface area contributed by atoms with E-state index in [0.29, 0.717) is 19.5 Å². The monoisotopic (exact) mass is 403 g/mol. The van der Waals surface area contributed by atoms with E-state index >= 15 is 0 Å². The minimum atomic E-state index is -4.56. The van der Waals surface area contributed by atoms with Crippen molar-refractivity contribution in [3.05, 3.63) is 54.1 Å². The van der Waals surface area contributed by atoms with Crippen LogP contribution in [0.25, 0.3) is 11.0 Å². The first-order chi connectivity index (χ1) is 13.9. The summed E-state index contributed by atoms with van der Waals surface area (Å²) in [6, 6.07) is 5.73. The first kappa shape index (κ1) is 19.4. The molecule has 9 heteroatoms. The summed E-state index contributed by atoms with van der Waals surface area (Å²) in [7, 11) is 0. The van der Waals surface area contributed by atoms with Crippen molar-refractivity contribution in [1.82, 2.24) is 20.3 Å². The molecule has 0 saturated carbocycles. The first-order valence-corrected chi connectivity index (χ1v) is 9.29. The van der Waals surface area contributed by atoms with Crippen LogP contribution in [0.1, 0.15) is 24.5 Å². The minimum Gasteiger partial charge on any atom is -0.486 e. The predicted molar refractivity (Wildman–Crippen MR) is 103 cm³/mol. The number of alkyl halides is 3. The lowest BCUT2D eigenvalue weighted by molar-refractivity contribution is -0.139. The molecule has 3 heterocycles. The molecule has 0 spiro atoms. The number of halogens is 3. The van der Waals surface area contributed by atoms with Gasteiger partial charge in [-0.2, -0.15) is 13.2 Å². The van der Waals surface area contributed by atoms with Gasteiger partial charge in [-0.05, 0) is 24.6 Å². The van der Waals surface area contributed by atoms with E-state index in [1.165, 1.54) is 6.20 Å². The van der Waals surface area contributed by atoms with Crippen molar-refractivity contribution in [2.24, 2.45) is 0 Å². The zero-order chi connectivity index (χ0) is 20.4. The van der Waals surface area contributed by atoms with Gasteiger partial charge in [0.1, 0.15) is 11.7 Å². The second-order valence-electron chi connectivity index (χ2n) is 7.08. The Morgan fingerprint density at radius 1 is 1.17 bits per heavy atom. The maximum atomic E-state index is 13.5. The first-order valence-electron chi connectivity index (χ1n) is 9.29. The molecular formula is C20H20F3N5O. The van der Waals surface area contributed by atoms with Gasteiger partial charge < -0.3 is 15.4 Å². The van der Waals surface area contributed by atoms with Gasteiger partial charge in [-0.1, -0.05) is 6.07 Å². The highest BCUT2D eigenvalue weighted by Gasteiger charge is 2.37. The van der Waals surface area contributed by atoms with E-state index < -0.39 is 11.7 Å². The fourth-order valence-electron chi connectivity index (χ4n) is 3.37. The van der Waals surface area contributed by atoms with Crippen molar-refractivity contribution in [3.8, 4) is 5.75 Å². The van der Waals surface area contributed by atoms with E-state index in [4.69, 9.17) is 4.74 Å². The molecule has 2 aromatic heterocycles. The molecule has 1 aromatic carbocycles. The van der Waals surface area contributed by atoms with Crippen LogP contribution in [-0.4, -0.2) is 33.6 Å². The van der Waals surface area contributed by atoms with Crippen LogP contribution in [0.4, 0.5) is 18.9 Å². The maximum absolute atomic E-state index is 13.5. The molecule has 0 bridgehead atoms. The van der Waals surface area contributed by atoms with E-state index in [0.717, 1.165) is 22.8 Å². The third-order valence-electron chi connectivity index (χ3n) is 4.81. The largest absolute Gasteiger partial charge is 0.486 e. The molecule has 6 nitrogen and oxygen atoms in total. The summed E-state index contributed by atoms with van der Waals surface area (Å²) in [4.78, 5) is 12.2. The lowest BCUT2D eigenvalue weighted by Gasteiger charge is -2.21. The zero-order valence-electron chi connectivity index (χ0n) is 15.7. The number of pyridine rings is 1. The highest BCUT2D eigenvalue weighted by molar-refractivity contribution is 5.74. The van der Waals surface area contributed by atoms with E-state index in [1.54, 1.807) is 12.4 Å². The van der Waals surface area contributed by atoms with Crippen LogP contribution >= 0.6 is 0 Å². The van der Waals surface area contributed by atoms with Gasteiger partial charge in [-0.25, -0.2) is 0 Å². The molecule has 1 fully saturated rings. The molecule has 0 aliphatic carbocycles. The standard InChI is InChI=1S/C20H20F3N5O/c1-12-6-14(9-27-12)29-19-15(20(21,22)23)10-24-11-18(19)28-8-13-2-3-16-17(7-13)26-5-4-25-16/h2-5,7,10-12,14,27-28H,6,8-9H2,1H3/t12-,14-/m1/s1. The van der Waals surface area contributed by atoms with Gasteiger partial charge in [0.25, 0.3) is 0 Å². The lowest BCUT2D eigenvalue weighted by Crippen LogP contribution is -2.23. The molecule has 1 saturated heterocycles. The Balaban J connectivity index is 1.59.